The second-order valence-electron chi connectivity index (χ2n) is 4.57. The van der Waals surface area contributed by atoms with Crippen molar-refractivity contribution in [3.8, 4) is 34.1 Å². The van der Waals surface area contributed by atoms with Crippen LogP contribution < -0.4 is 14.9 Å². The second kappa shape index (κ2) is 5.32. The molecule has 0 atom stereocenters. The number of hydrogen-bond acceptors (Lipinski definition) is 4. The van der Waals surface area contributed by atoms with E-state index in [0.717, 1.165) is 16.9 Å². The van der Waals surface area contributed by atoms with Gasteiger partial charge in [-0.25, -0.2) is 0 Å². The van der Waals surface area contributed by atoms with Crippen LogP contribution in [0.4, 0.5) is 0 Å². The van der Waals surface area contributed by atoms with Gasteiger partial charge in [-0.3, -0.25) is 4.79 Å². The van der Waals surface area contributed by atoms with E-state index in [4.69, 9.17) is 13.9 Å². The number of fused-ring (bicyclic) bond motifs is 1. The van der Waals surface area contributed by atoms with E-state index in [-0.39, 0.29) is 5.43 Å². The smallest absolute Gasteiger partial charge is 0.186 e. The Balaban J connectivity index is 2.12. The summed E-state index contributed by atoms with van der Waals surface area (Å²) in [5.41, 5.74) is 1.54. The van der Waals surface area contributed by atoms with Gasteiger partial charge >= 0.3 is 0 Å². The van der Waals surface area contributed by atoms with Gasteiger partial charge in [-0.2, -0.15) is 0 Å². The molecule has 2 aliphatic rings. The Labute approximate surface area is 121 Å². The van der Waals surface area contributed by atoms with Crippen LogP contribution in [-0.2, 0) is 0 Å². The van der Waals surface area contributed by atoms with E-state index in [1.807, 2.05) is 36.4 Å². The van der Waals surface area contributed by atoms with Gasteiger partial charge in [-0.15, -0.1) is 0 Å². The van der Waals surface area contributed by atoms with Crippen LogP contribution >= 0.6 is 0 Å². The van der Waals surface area contributed by atoms with Gasteiger partial charge in [0.15, 0.2) is 5.43 Å². The Kier molecular flexibility index (Phi) is 3.36. The fraction of sp³-hybridized carbons (Fsp3) is 0.118. The highest BCUT2D eigenvalue weighted by Crippen LogP contribution is 2.34. The Bertz CT molecular complexity index is 787. The zero-order valence-corrected chi connectivity index (χ0v) is 11.8. The molecule has 0 bridgehead atoms. The molecule has 1 aromatic rings. The van der Waals surface area contributed by atoms with E-state index in [9.17, 15) is 4.79 Å². The first-order valence-corrected chi connectivity index (χ1v) is 6.47. The molecule has 0 spiro atoms. The number of hydrogen-bond donors (Lipinski definition) is 0. The fourth-order valence-corrected chi connectivity index (χ4v) is 2.22. The first kappa shape index (κ1) is 13.2. The molecule has 21 heavy (non-hydrogen) atoms. The molecule has 1 heterocycles. The third kappa shape index (κ3) is 2.48. The summed E-state index contributed by atoms with van der Waals surface area (Å²) in [5, 5.41) is 0. The molecule has 1 aliphatic carbocycles. The quantitative estimate of drug-likeness (QED) is 0.738. The lowest BCUT2D eigenvalue weighted by Gasteiger charge is -2.11. The monoisotopic (exact) mass is 282 g/mol. The van der Waals surface area contributed by atoms with Crippen molar-refractivity contribution in [3.63, 3.8) is 0 Å². The number of rotatable bonds is 3. The summed E-state index contributed by atoms with van der Waals surface area (Å²) in [6, 6.07) is 14.2. The van der Waals surface area contributed by atoms with Crippen molar-refractivity contribution >= 4 is 0 Å². The number of ether oxygens (including phenoxy) is 2. The summed E-state index contributed by atoms with van der Waals surface area (Å²) < 4.78 is 16.2. The maximum Gasteiger partial charge on any atom is 0.186 e. The summed E-state index contributed by atoms with van der Waals surface area (Å²) in [5.74, 6) is 2.48. The molecule has 0 saturated carbocycles. The summed E-state index contributed by atoms with van der Waals surface area (Å²) in [7, 11) is 3.16. The fourth-order valence-electron chi connectivity index (χ4n) is 2.22. The van der Waals surface area contributed by atoms with Gasteiger partial charge < -0.3 is 13.9 Å². The molecule has 4 heteroatoms. The van der Waals surface area contributed by atoms with Crippen LogP contribution in [0, 0.1) is 0 Å². The lowest BCUT2D eigenvalue weighted by Crippen LogP contribution is -2.01. The van der Waals surface area contributed by atoms with Gasteiger partial charge in [0.2, 0.25) is 0 Å². The minimum atomic E-state index is -0.144. The van der Waals surface area contributed by atoms with Crippen molar-refractivity contribution in [2.45, 2.75) is 0 Å². The molecule has 0 fully saturated rings. The molecular weight excluding hydrogens is 268 g/mol. The normalized spacial score (nSPS) is 10.6. The van der Waals surface area contributed by atoms with Crippen molar-refractivity contribution in [2.24, 2.45) is 0 Å². The highest BCUT2D eigenvalue weighted by molar-refractivity contribution is 5.70. The predicted molar refractivity (Wildman–Crippen MR) is 80.1 cm³/mol. The standard InChI is InChI=1S/C17H14O4/c1-19-13-5-3-11(4-6-13)15-8-7-14-16(20-2)9-12(18)10-17(14)21-15/h3-10H,1-2H3. The summed E-state index contributed by atoms with van der Waals surface area (Å²) in [6.45, 7) is 0. The molecule has 1 aliphatic heterocycles. The van der Waals surface area contributed by atoms with Crippen molar-refractivity contribution in [1.82, 2.24) is 0 Å². The molecule has 0 unspecified atom stereocenters. The Hall–Kier alpha value is -2.75. The molecule has 106 valence electrons. The molecule has 0 amide bonds. The topological polar surface area (TPSA) is 48.7 Å². The van der Waals surface area contributed by atoms with Crippen LogP contribution in [-0.4, -0.2) is 14.2 Å². The Morgan fingerprint density at radius 2 is 1.62 bits per heavy atom. The van der Waals surface area contributed by atoms with Crippen molar-refractivity contribution < 1.29 is 13.9 Å². The first-order valence-electron chi connectivity index (χ1n) is 6.47. The molecule has 1 aromatic carbocycles. The molecule has 0 saturated heterocycles. The van der Waals surface area contributed by atoms with E-state index < -0.39 is 0 Å². The van der Waals surface area contributed by atoms with Gasteiger partial charge in [0.1, 0.15) is 23.0 Å². The lowest BCUT2D eigenvalue weighted by molar-refractivity contribution is 0.413. The number of methoxy groups -OCH3 is 2. The predicted octanol–water partition coefficient (Wildman–Crippen LogP) is 3.43. The highest BCUT2D eigenvalue weighted by atomic mass is 16.5. The summed E-state index contributed by atoms with van der Waals surface area (Å²) in [6.07, 6.45) is 0. The van der Waals surface area contributed by atoms with Crippen molar-refractivity contribution in [1.29, 1.82) is 0 Å². The van der Waals surface area contributed by atoms with E-state index >= 15 is 0 Å². The first-order chi connectivity index (χ1) is 10.2. The highest BCUT2D eigenvalue weighted by Gasteiger charge is 2.13. The van der Waals surface area contributed by atoms with Crippen LogP contribution in [0.25, 0.3) is 22.6 Å². The summed E-state index contributed by atoms with van der Waals surface area (Å²) in [4.78, 5) is 11.6. The zero-order valence-electron chi connectivity index (χ0n) is 11.8. The largest absolute Gasteiger partial charge is 0.497 e. The van der Waals surface area contributed by atoms with Crippen LogP contribution in [0.15, 0.2) is 57.7 Å². The average molecular weight is 282 g/mol. The Morgan fingerprint density at radius 1 is 0.857 bits per heavy atom. The van der Waals surface area contributed by atoms with Gasteiger partial charge in [0, 0.05) is 17.7 Å². The summed E-state index contributed by atoms with van der Waals surface area (Å²) >= 11 is 0. The van der Waals surface area contributed by atoms with Crippen molar-refractivity contribution in [2.75, 3.05) is 14.2 Å². The third-order valence-corrected chi connectivity index (χ3v) is 3.29. The van der Waals surface area contributed by atoms with Gasteiger partial charge in [-0.1, -0.05) is 0 Å². The number of benzene rings is 2. The van der Waals surface area contributed by atoms with Crippen LogP contribution in [0.1, 0.15) is 0 Å². The molecule has 3 rings (SSSR count). The van der Waals surface area contributed by atoms with Gasteiger partial charge in [-0.05, 0) is 36.4 Å². The molecule has 0 aromatic heterocycles. The van der Waals surface area contributed by atoms with E-state index in [1.54, 1.807) is 7.11 Å². The van der Waals surface area contributed by atoms with E-state index in [0.29, 0.717) is 17.3 Å². The van der Waals surface area contributed by atoms with Crippen LogP contribution in [0.3, 0.4) is 0 Å². The van der Waals surface area contributed by atoms with E-state index in [2.05, 4.69) is 0 Å². The SMILES string of the molecule is COc1ccc(-c2ccc3c(OC)cc(=O)cc-3o2)cc1. The van der Waals surface area contributed by atoms with Crippen LogP contribution in [0.5, 0.6) is 11.5 Å². The molecule has 0 radical (unpaired) electrons. The van der Waals surface area contributed by atoms with Gasteiger partial charge in [0.25, 0.3) is 0 Å². The molecule has 0 N–H and O–H groups in total. The minimum Gasteiger partial charge on any atom is -0.497 e. The second-order valence-corrected chi connectivity index (χ2v) is 4.57. The minimum absolute atomic E-state index is 0.144. The maximum atomic E-state index is 11.6. The zero-order chi connectivity index (χ0) is 14.8. The Morgan fingerprint density at radius 3 is 2.29 bits per heavy atom. The van der Waals surface area contributed by atoms with Crippen molar-refractivity contribution in [3.05, 3.63) is 58.8 Å². The van der Waals surface area contributed by atoms with E-state index in [1.165, 1.54) is 19.2 Å². The maximum absolute atomic E-state index is 11.6. The molecular formula is C17H14O4. The third-order valence-electron chi connectivity index (χ3n) is 3.29. The molecule has 4 nitrogen and oxygen atoms in total. The van der Waals surface area contributed by atoms with Gasteiger partial charge in [0.05, 0.1) is 19.8 Å². The lowest BCUT2D eigenvalue weighted by atomic mass is 10.1. The van der Waals surface area contributed by atoms with Crippen LogP contribution in [0.2, 0.25) is 0 Å². The average Bonchev–Trinajstić information content (AvgIpc) is 2.53.